The SMILES string of the molecule is Cc1cc(C)c(CN2CC(C(=O)O)CC2=O)c(C)c1. The molecule has 1 fully saturated rings. The molecular weight excluding hydrogens is 242 g/mol. The number of hydrogen-bond donors (Lipinski definition) is 1. The Bertz CT molecular complexity index is 513. The van der Waals surface area contributed by atoms with Crippen molar-refractivity contribution in [2.24, 2.45) is 5.92 Å². The Balaban J connectivity index is 2.19. The van der Waals surface area contributed by atoms with Gasteiger partial charge in [-0.2, -0.15) is 0 Å². The second kappa shape index (κ2) is 5.03. The van der Waals surface area contributed by atoms with Crippen LogP contribution >= 0.6 is 0 Å². The molecule has 0 bridgehead atoms. The van der Waals surface area contributed by atoms with Crippen molar-refractivity contribution in [2.45, 2.75) is 33.7 Å². The summed E-state index contributed by atoms with van der Waals surface area (Å²) in [7, 11) is 0. The number of carboxylic acid groups (broad SMARTS) is 1. The summed E-state index contributed by atoms with van der Waals surface area (Å²) >= 11 is 0. The predicted octanol–water partition coefficient (Wildman–Crippen LogP) is 2.04. The maximum absolute atomic E-state index is 11.8. The van der Waals surface area contributed by atoms with Gasteiger partial charge in [-0.15, -0.1) is 0 Å². The molecule has 19 heavy (non-hydrogen) atoms. The minimum absolute atomic E-state index is 0.0632. The van der Waals surface area contributed by atoms with Crippen LogP contribution in [0, 0.1) is 26.7 Å². The standard InChI is InChI=1S/C15H19NO3/c1-9-4-10(2)13(11(3)5-9)8-16-7-12(15(18)19)6-14(16)17/h4-5,12H,6-8H2,1-3H3,(H,18,19). The van der Waals surface area contributed by atoms with E-state index >= 15 is 0 Å². The molecule has 2 rings (SSSR count). The highest BCUT2D eigenvalue weighted by Gasteiger charge is 2.34. The van der Waals surface area contributed by atoms with Crippen molar-refractivity contribution >= 4 is 11.9 Å². The molecule has 1 amide bonds. The average molecular weight is 261 g/mol. The lowest BCUT2D eigenvalue weighted by Gasteiger charge is -2.19. The quantitative estimate of drug-likeness (QED) is 0.906. The molecule has 1 saturated heterocycles. The largest absolute Gasteiger partial charge is 0.481 e. The van der Waals surface area contributed by atoms with Gasteiger partial charge in [-0.25, -0.2) is 0 Å². The van der Waals surface area contributed by atoms with Crippen LogP contribution in [0.1, 0.15) is 28.7 Å². The molecule has 1 unspecified atom stereocenters. The number of likely N-dealkylation sites (tertiary alicyclic amines) is 1. The van der Waals surface area contributed by atoms with Crippen LogP contribution in [-0.4, -0.2) is 28.4 Å². The van der Waals surface area contributed by atoms with Crippen molar-refractivity contribution in [3.63, 3.8) is 0 Å². The van der Waals surface area contributed by atoms with Crippen molar-refractivity contribution in [3.8, 4) is 0 Å². The molecular formula is C15H19NO3. The molecule has 0 saturated carbocycles. The van der Waals surface area contributed by atoms with Crippen LogP contribution in [0.5, 0.6) is 0 Å². The van der Waals surface area contributed by atoms with Gasteiger partial charge in [-0.3, -0.25) is 9.59 Å². The third kappa shape index (κ3) is 2.78. The van der Waals surface area contributed by atoms with Crippen LogP contribution in [0.2, 0.25) is 0 Å². The molecule has 0 aromatic heterocycles. The fourth-order valence-electron chi connectivity index (χ4n) is 2.74. The van der Waals surface area contributed by atoms with Gasteiger partial charge in [-0.1, -0.05) is 17.7 Å². The summed E-state index contributed by atoms with van der Waals surface area (Å²) in [5.74, 6) is -1.50. The van der Waals surface area contributed by atoms with E-state index in [0.717, 1.165) is 16.7 Å². The Morgan fingerprint density at radius 2 is 1.89 bits per heavy atom. The van der Waals surface area contributed by atoms with Crippen molar-refractivity contribution < 1.29 is 14.7 Å². The topological polar surface area (TPSA) is 57.6 Å². The number of aliphatic carboxylic acids is 1. The van der Waals surface area contributed by atoms with Crippen LogP contribution in [0.4, 0.5) is 0 Å². The minimum atomic E-state index is -0.881. The number of carbonyl (C=O) groups is 2. The van der Waals surface area contributed by atoms with E-state index in [4.69, 9.17) is 5.11 Å². The second-order valence-electron chi connectivity index (χ2n) is 5.39. The van der Waals surface area contributed by atoms with Crippen LogP contribution in [0.15, 0.2) is 12.1 Å². The minimum Gasteiger partial charge on any atom is -0.481 e. The first-order chi connectivity index (χ1) is 8.88. The lowest BCUT2D eigenvalue weighted by molar-refractivity contribution is -0.141. The Morgan fingerprint density at radius 3 is 2.37 bits per heavy atom. The van der Waals surface area contributed by atoms with Crippen LogP contribution in [-0.2, 0) is 16.1 Å². The fourth-order valence-corrected chi connectivity index (χ4v) is 2.74. The van der Waals surface area contributed by atoms with Gasteiger partial charge in [-0.05, 0) is 37.5 Å². The van der Waals surface area contributed by atoms with Gasteiger partial charge < -0.3 is 10.0 Å². The molecule has 4 heteroatoms. The first-order valence-electron chi connectivity index (χ1n) is 6.45. The zero-order chi connectivity index (χ0) is 14.2. The highest BCUT2D eigenvalue weighted by Crippen LogP contribution is 2.24. The van der Waals surface area contributed by atoms with E-state index < -0.39 is 11.9 Å². The first kappa shape index (κ1) is 13.6. The number of benzene rings is 1. The number of nitrogens with zero attached hydrogens (tertiary/aromatic N) is 1. The maximum atomic E-state index is 11.8. The van der Waals surface area contributed by atoms with Gasteiger partial charge >= 0.3 is 5.97 Å². The molecule has 0 spiro atoms. The molecule has 1 aromatic rings. The van der Waals surface area contributed by atoms with E-state index in [1.54, 1.807) is 4.90 Å². The molecule has 0 radical (unpaired) electrons. The van der Waals surface area contributed by atoms with Crippen molar-refractivity contribution in [2.75, 3.05) is 6.54 Å². The van der Waals surface area contributed by atoms with Crippen molar-refractivity contribution in [3.05, 3.63) is 34.4 Å². The number of carbonyl (C=O) groups excluding carboxylic acids is 1. The molecule has 1 aliphatic heterocycles. The monoisotopic (exact) mass is 261 g/mol. The number of carboxylic acids is 1. The summed E-state index contributed by atoms with van der Waals surface area (Å²) < 4.78 is 0. The number of rotatable bonds is 3. The molecule has 1 aromatic carbocycles. The molecule has 1 atom stereocenters. The third-order valence-electron chi connectivity index (χ3n) is 3.75. The zero-order valence-electron chi connectivity index (χ0n) is 11.6. The first-order valence-corrected chi connectivity index (χ1v) is 6.45. The molecule has 102 valence electrons. The Hall–Kier alpha value is -1.84. The van der Waals surface area contributed by atoms with Crippen molar-refractivity contribution in [1.29, 1.82) is 0 Å². The Labute approximate surface area is 113 Å². The molecule has 1 heterocycles. The van der Waals surface area contributed by atoms with E-state index in [1.165, 1.54) is 5.56 Å². The van der Waals surface area contributed by atoms with Gasteiger partial charge in [0.2, 0.25) is 5.91 Å². The van der Waals surface area contributed by atoms with E-state index in [0.29, 0.717) is 13.1 Å². The Kier molecular flexibility index (Phi) is 3.60. The van der Waals surface area contributed by atoms with Gasteiger partial charge in [0.25, 0.3) is 0 Å². The van der Waals surface area contributed by atoms with E-state index in [-0.39, 0.29) is 12.3 Å². The van der Waals surface area contributed by atoms with E-state index in [1.807, 2.05) is 20.8 Å². The average Bonchev–Trinajstić information content (AvgIpc) is 2.65. The van der Waals surface area contributed by atoms with Crippen LogP contribution < -0.4 is 0 Å². The van der Waals surface area contributed by atoms with Gasteiger partial charge in [0, 0.05) is 19.5 Å². The molecule has 1 aliphatic rings. The second-order valence-corrected chi connectivity index (χ2v) is 5.39. The normalized spacial score (nSPS) is 19.0. The highest BCUT2D eigenvalue weighted by atomic mass is 16.4. The smallest absolute Gasteiger partial charge is 0.308 e. The number of aryl methyl sites for hydroxylation is 3. The highest BCUT2D eigenvalue weighted by molar-refractivity contribution is 5.86. The third-order valence-corrected chi connectivity index (χ3v) is 3.75. The fraction of sp³-hybridized carbons (Fsp3) is 0.467. The summed E-state index contributed by atoms with van der Waals surface area (Å²) in [5, 5.41) is 8.98. The van der Waals surface area contributed by atoms with Gasteiger partial charge in [0.1, 0.15) is 0 Å². The van der Waals surface area contributed by atoms with Crippen LogP contribution in [0.3, 0.4) is 0 Å². The molecule has 0 aliphatic carbocycles. The van der Waals surface area contributed by atoms with Crippen LogP contribution in [0.25, 0.3) is 0 Å². The lowest BCUT2D eigenvalue weighted by Crippen LogP contribution is -2.26. The van der Waals surface area contributed by atoms with Crippen molar-refractivity contribution in [1.82, 2.24) is 4.90 Å². The summed E-state index contributed by atoms with van der Waals surface area (Å²) in [4.78, 5) is 24.4. The van der Waals surface area contributed by atoms with E-state index in [9.17, 15) is 9.59 Å². The summed E-state index contributed by atoms with van der Waals surface area (Å²) in [5.41, 5.74) is 4.65. The number of amides is 1. The lowest BCUT2D eigenvalue weighted by atomic mass is 9.99. The summed E-state index contributed by atoms with van der Waals surface area (Å²) in [6.07, 6.45) is 0.124. The Morgan fingerprint density at radius 1 is 1.32 bits per heavy atom. The van der Waals surface area contributed by atoms with Gasteiger partial charge in [0.05, 0.1) is 5.92 Å². The maximum Gasteiger partial charge on any atom is 0.308 e. The summed E-state index contributed by atoms with van der Waals surface area (Å²) in [6.45, 7) is 6.95. The molecule has 4 nitrogen and oxygen atoms in total. The number of hydrogen-bond acceptors (Lipinski definition) is 2. The van der Waals surface area contributed by atoms with E-state index in [2.05, 4.69) is 12.1 Å². The van der Waals surface area contributed by atoms with Gasteiger partial charge in [0.15, 0.2) is 0 Å². The zero-order valence-corrected chi connectivity index (χ0v) is 11.6. The molecule has 1 N–H and O–H groups in total. The summed E-state index contributed by atoms with van der Waals surface area (Å²) in [6, 6.07) is 4.19. The predicted molar refractivity (Wildman–Crippen MR) is 71.8 cm³/mol.